The Labute approximate surface area is 55.4 Å². The van der Waals surface area contributed by atoms with Crippen molar-refractivity contribution in [2.24, 2.45) is 0 Å². The van der Waals surface area contributed by atoms with Crippen LogP contribution >= 0.6 is 22.6 Å². The van der Waals surface area contributed by atoms with Crippen LogP contribution in [-0.4, -0.2) is 11.6 Å². The molecule has 0 aromatic heterocycles. The van der Waals surface area contributed by atoms with E-state index >= 15 is 0 Å². The van der Waals surface area contributed by atoms with Crippen LogP contribution in [0, 0.1) is 5.21 Å². The molecule has 0 aromatic rings. The van der Waals surface area contributed by atoms with Crippen molar-refractivity contribution < 1.29 is 10.2 Å². The van der Waals surface area contributed by atoms with Crippen LogP contribution in [0.25, 0.3) is 0 Å². The molecule has 0 bridgehead atoms. The van der Waals surface area contributed by atoms with Crippen LogP contribution in [0.1, 0.15) is 0 Å². The number of halogens is 1. The lowest BCUT2D eigenvalue weighted by molar-refractivity contribution is -1.05. The lowest BCUT2D eigenvalue weighted by Gasteiger charge is -2.11. The second kappa shape index (κ2) is 4.72. The molecule has 0 fully saturated rings. The van der Waals surface area contributed by atoms with Crippen molar-refractivity contribution in [2.75, 3.05) is 11.6 Å². The molecule has 0 aliphatic heterocycles. The Balaban J connectivity index is 2.68. The van der Waals surface area contributed by atoms with Crippen molar-refractivity contribution >= 4 is 22.6 Å². The van der Waals surface area contributed by atoms with Crippen molar-refractivity contribution in [1.29, 1.82) is 0 Å². The fraction of sp³-hybridized carbons (Fsp3) is 1.00. The van der Waals surface area contributed by atoms with E-state index in [1.54, 1.807) is 0 Å². The van der Waals surface area contributed by atoms with E-state index in [2.05, 4.69) is 10.4 Å². The summed E-state index contributed by atoms with van der Waals surface area (Å²) in [6.07, 6.45) is 0. The van der Waals surface area contributed by atoms with Gasteiger partial charge in [-0.1, -0.05) is 22.6 Å². The molecular weight excluding hydrogens is 211 g/mol. The zero-order valence-electron chi connectivity index (χ0n) is 3.90. The summed E-state index contributed by atoms with van der Waals surface area (Å²) in [5.41, 5.74) is 2.38. The van der Waals surface area contributed by atoms with Gasteiger partial charge in [-0.3, -0.25) is 0 Å². The highest BCUT2D eigenvalue weighted by Gasteiger charge is 1.80. The molecule has 0 aliphatic carbocycles. The summed E-state index contributed by atoms with van der Waals surface area (Å²) in [6, 6.07) is 0. The summed E-state index contributed by atoms with van der Waals surface area (Å²) < 4.78 is 0.622. The molecule has 2 N–H and O–H groups in total. The number of hydrogen-bond acceptors (Lipinski definition) is 3. The maximum atomic E-state index is 9.91. The largest absolute Gasteiger partial charge is 0.599 e. The lowest BCUT2D eigenvalue weighted by atomic mass is 11.5. The molecule has 0 saturated heterocycles. The summed E-state index contributed by atoms with van der Waals surface area (Å²) in [5.74, 6) is 0. The van der Waals surface area contributed by atoms with Crippen LogP contribution in [0.4, 0.5) is 0 Å². The zero-order chi connectivity index (χ0) is 5.70. The SMILES string of the molecule is C[NH+]([O-])ONCI. The number of hydrogen-bond donors (Lipinski definition) is 2. The highest BCUT2D eigenvalue weighted by atomic mass is 127. The highest BCUT2D eigenvalue weighted by molar-refractivity contribution is 14.1. The quantitative estimate of drug-likeness (QED) is 0.271. The van der Waals surface area contributed by atoms with Gasteiger partial charge in [-0.2, -0.15) is 0 Å². The topological polar surface area (TPSA) is 48.8 Å². The number of nitrogens with one attached hydrogen (secondary N) is 2. The van der Waals surface area contributed by atoms with Gasteiger partial charge in [0.1, 0.15) is 0 Å². The third kappa shape index (κ3) is 6.57. The molecule has 0 saturated carbocycles. The standard InChI is InChI=1S/C2H7IN2O2/c1-5(6)7-4-2-3/h4-5H,2H2,1H3. The fourth-order valence-electron chi connectivity index (χ4n) is 0.129. The van der Waals surface area contributed by atoms with Gasteiger partial charge in [-0.25, -0.2) is 5.23 Å². The smallest absolute Gasteiger partial charge is 0.0982 e. The van der Waals surface area contributed by atoms with Gasteiger partial charge in [0.2, 0.25) is 0 Å². The van der Waals surface area contributed by atoms with Crippen molar-refractivity contribution in [3.05, 3.63) is 5.21 Å². The van der Waals surface area contributed by atoms with Crippen molar-refractivity contribution in [2.45, 2.75) is 0 Å². The normalized spacial score (nSPS) is 14.1. The predicted octanol–water partition coefficient (Wildman–Crippen LogP) is -1.17. The first kappa shape index (κ1) is 7.57. The number of alkyl halides is 1. The molecule has 0 heterocycles. The van der Waals surface area contributed by atoms with Crippen LogP contribution in [0.2, 0.25) is 0 Å². The molecule has 0 radical (unpaired) electrons. The Morgan fingerprint density at radius 3 is 2.71 bits per heavy atom. The highest BCUT2D eigenvalue weighted by Crippen LogP contribution is 1.68. The van der Waals surface area contributed by atoms with Gasteiger partial charge in [0.05, 0.1) is 11.6 Å². The minimum absolute atomic E-state index is 0.309. The van der Waals surface area contributed by atoms with Crippen LogP contribution in [0.15, 0.2) is 0 Å². The fourth-order valence-corrected chi connectivity index (χ4v) is 0.285. The number of quaternary nitrogens is 1. The van der Waals surface area contributed by atoms with Gasteiger partial charge in [0, 0.05) is 0 Å². The zero-order valence-corrected chi connectivity index (χ0v) is 6.06. The molecule has 4 nitrogen and oxygen atoms in total. The second-order valence-electron chi connectivity index (χ2n) is 0.872. The van der Waals surface area contributed by atoms with E-state index in [0.29, 0.717) is 4.55 Å². The second-order valence-corrected chi connectivity index (χ2v) is 1.63. The molecule has 0 amide bonds. The summed E-state index contributed by atoms with van der Waals surface area (Å²) in [4.78, 5) is 4.29. The Kier molecular flexibility index (Phi) is 5.11. The number of rotatable bonds is 3. The maximum absolute atomic E-state index is 9.91. The molecule has 5 heteroatoms. The summed E-state index contributed by atoms with van der Waals surface area (Å²) in [5, 5.41) is 9.61. The van der Waals surface area contributed by atoms with Crippen molar-refractivity contribution in [3.63, 3.8) is 0 Å². The van der Waals surface area contributed by atoms with Gasteiger partial charge in [-0.05, 0) is 0 Å². The van der Waals surface area contributed by atoms with E-state index in [4.69, 9.17) is 0 Å². The summed E-state index contributed by atoms with van der Waals surface area (Å²) >= 11 is 2.03. The van der Waals surface area contributed by atoms with Gasteiger partial charge >= 0.3 is 0 Å². The van der Waals surface area contributed by atoms with Gasteiger partial charge in [0.25, 0.3) is 0 Å². The van der Waals surface area contributed by atoms with Gasteiger partial charge in [-0.15, -0.1) is 10.4 Å². The summed E-state index contributed by atoms with van der Waals surface area (Å²) in [6.45, 7) is 0. The van der Waals surface area contributed by atoms with Crippen LogP contribution in [0.5, 0.6) is 0 Å². The first-order chi connectivity index (χ1) is 3.27. The van der Waals surface area contributed by atoms with E-state index in [1.807, 2.05) is 22.6 Å². The molecule has 7 heavy (non-hydrogen) atoms. The molecule has 1 unspecified atom stereocenters. The minimum Gasteiger partial charge on any atom is -0.599 e. The number of hydroxylamine groups is 3. The van der Waals surface area contributed by atoms with E-state index in [1.165, 1.54) is 7.05 Å². The Morgan fingerprint density at radius 1 is 2.00 bits per heavy atom. The molecule has 0 aromatic carbocycles. The lowest BCUT2D eigenvalue weighted by Crippen LogP contribution is -3.04. The Bertz CT molecular complexity index is 42.7. The maximum Gasteiger partial charge on any atom is 0.0982 e. The van der Waals surface area contributed by atoms with E-state index in [-0.39, 0.29) is 5.23 Å². The predicted molar refractivity (Wildman–Crippen MR) is 33.4 cm³/mol. The Morgan fingerprint density at radius 2 is 2.57 bits per heavy atom. The molecule has 0 spiro atoms. The van der Waals surface area contributed by atoms with Gasteiger partial charge < -0.3 is 5.21 Å². The molecule has 0 rings (SSSR count). The van der Waals surface area contributed by atoms with E-state index < -0.39 is 0 Å². The van der Waals surface area contributed by atoms with Crippen molar-refractivity contribution in [3.8, 4) is 0 Å². The average Bonchev–Trinajstić information content (AvgIpc) is 1.61. The summed E-state index contributed by atoms with van der Waals surface area (Å²) in [7, 11) is 1.35. The van der Waals surface area contributed by atoms with Crippen LogP contribution < -0.4 is 10.7 Å². The van der Waals surface area contributed by atoms with Crippen LogP contribution in [-0.2, 0) is 4.94 Å². The first-order valence-corrected chi connectivity index (χ1v) is 3.26. The molecule has 1 atom stereocenters. The molecule has 44 valence electrons. The van der Waals surface area contributed by atoms with E-state index in [9.17, 15) is 5.21 Å². The first-order valence-electron chi connectivity index (χ1n) is 1.73. The van der Waals surface area contributed by atoms with Gasteiger partial charge in [0.15, 0.2) is 0 Å². The molecular formula is C2H7IN2O2. The van der Waals surface area contributed by atoms with E-state index in [0.717, 1.165) is 0 Å². The third-order valence-corrected chi connectivity index (χ3v) is 0.582. The van der Waals surface area contributed by atoms with Crippen molar-refractivity contribution in [1.82, 2.24) is 5.48 Å². The van der Waals surface area contributed by atoms with Crippen LogP contribution in [0.3, 0.4) is 0 Å². The molecule has 0 aliphatic rings. The average molecular weight is 218 g/mol. The Hall–Kier alpha value is 0.570. The monoisotopic (exact) mass is 218 g/mol. The minimum atomic E-state index is -0.309. The third-order valence-electron chi connectivity index (χ3n) is 0.270.